The third-order valence-electron chi connectivity index (χ3n) is 5.08. The summed E-state index contributed by atoms with van der Waals surface area (Å²) >= 11 is 0. The number of rotatable bonds is 6. The molecule has 29 heavy (non-hydrogen) atoms. The summed E-state index contributed by atoms with van der Waals surface area (Å²) in [5.41, 5.74) is 2.65. The van der Waals surface area contributed by atoms with Crippen LogP contribution in [-0.2, 0) is 24.9 Å². The summed E-state index contributed by atoms with van der Waals surface area (Å²) in [6.07, 6.45) is 5.04. The Kier molecular flexibility index (Phi) is 5.14. The van der Waals surface area contributed by atoms with Crippen LogP contribution in [0.2, 0.25) is 0 Å². The van der Waals surface area contributed by atoms with Crippen molar-refractivity contribution in [2.24, 2.45) is 7.05 Å². The van der Waals surface area contributed by atoms with E-state index in [1.54, 1.807) is 30.3 Å². The van der Waals surface area contributed by atoms with Gasteiger partial charge in [0.15, 0.2) is 0 Å². The first-order chi connectivity index (χ1) is 14.1. The maximum absolute atomic E-state index is 13.1. The molecular formula is C22H22N4O3. The number of amides is 1. The number of benzene rings is 1. The molecule has 3 heterocycles. The first-order valence-electron chi connectivity index (χ1n) is 9.38. The molecule has 0 aliphatic carbocycles. The number of pyridine rings is 2. The number of ether oxygens (including phenoxy) is 1. The number of nitrogens with zero attached hydrogens (tertiary/aromatic N) is 3. The molecule has 7 nitrogen and oxygen atoms in total. The lowest BCUT2D eigenvalue weighted by atomic mass is 10.1. The first-order valence-corrected chi connectivity index (χ1v) is 9.38. The van der Waals surface area contributed by atoms with Crippen LogP contribution in [0.3, 0.4) is 0 Å². The largest absolute Gasteiger partial charge is 0.383 e. The summed E-state index contributed by atoms with van der Waals surface area (Å²) in [5.74, 6) is -0.235. The van der Waals surface area contributed by atoms with E-state index in [-0.39, 0.29) is 11.5 Å². The van der Waals surface area contributed by atoms with Crippen molar-refractivity contribution in [3.05, 3.63) is 76.5 Å². The number of nitrogens with one attached hydrogen (secondary N) is 1. The molecule has 0 radical (unpaired) electrons. The molecule has 0 fully saturated rings. The van der Waals surface area contributed by atoms with E-state index >= 15 is 0 Å². The third kappa shape index (κ3) is 3.40. The van der Waals surface area contributed by atoms with Gasteiger partial charge in [0.2, 0.25) is 0 Å². The number of hydrogen-bond donors (Lipinski definition) is 1. The molecule has 3 aromatic heterocycles. The highest BCUT2D eigenvalue weighted by molar-refractivity contribution is 6.17. The van der Waals surface area contributed by atoms with Crippen molar-refractivity contribution in [1.29, 1.82) is 0 Å². The van der Waals surface area contributed by atoms with Crippen molar-refractivity contribution in [3.8, 4) is 0 Å². The van der Waals surface area contributed by atoms with Crippen LogP contribution in [0.4, 0.5) is 0 Å². The fourth-order valence-electron chi connectivity index (χ4n) is 3.64. The molecule has 0 unspecified atom stereocenters. The summed E-state index contributed by atoms with van der Waals surface area (Å²) in [6.45, 7) is 1.11. The quantitative estimate of drug-likeness (QED) is 0.549. The van der Waals surface area contributed by atoms with E-state index in [1.807, 2.05) is 48.0 Å². The summed E-state index contributed by atoms with van der Waals surface area (Å²) in [6, 6.07) is 11.5. The summed E-state index contributed by atoms with van der Waals surface area (Å²) in [4.78, 5) is 30.3. The second-order valence-electron chi connectivity index (χ2n) is 6.88. The second-order valence-corrected chi connectivity index (χ2v) is 6.88. The molecule has 7 heteroatoms. The number of aryl methyl sites for hydroxylation is 1. The molecule has 0 aliphatic rings. The Morgan fingerprint density at radius 2 is 2.03 bits per heavy atom. The van der Waals surface area contributed by atoms with E-state index in [0.29, 0.717) is 36.2 Å². The number of carbonyl (C=O) groups excluding carboxylic acids is 1. The van der Waals surface area contributed by atoms with E-state index < -0.39 is 0 Å². The van der Waals surface area contributed by atoms with Crippen molar-refractivity contribution < 1.29 is 9.53 Å². The smallest absolute Gasteiger partial charge is 0.275 e. The number of fused-ring (bicyclic) bond motifs is 3. The number of aromatic nitrogens is 3. The monoisotopic (exact) mass is 390 g/mol. The van der Waals surface area contributed by atoms with E-state index in [9.17, 15) is 9.59 Å². The molecule has 1 amide bonds. The Hall–Kier alpha value is -3.45. The fraction of sp³-hybridized carbons (Fsp3) is 0.227. The van der Waals surface area contributed by atoms with Gasteiger partial charge in [-0.1, -0.05) is 24.3 Å². The average Bonchev–Trinajstić information content (AvgIpc) is 3.06. The molecule has 0 saturated heterocycles. The Balaban J connectivity index is 1.86. The standard InChI is InChI=1S/C22H22N4O3/c1-25-18-8-4-3-7-16(18)19-17(14-26(10-11-29-2)22(28)20(19)25)21(27)24-13-15-6-5-9-23-12-15/h3-9,12,14H,10-11,13H2,1-2H3,(H,24,27). The Morgan fingerprint density at radius 3 is 2.79 bits per heavy atom. The van der Waals surface area contributed by atoms with Gasteiger partial charge in [-0.3, -0.25) is 14.6 Å². The Labute approximate surface area is 167 Å². The van der Waals surface area contributed by atoms with Crippen LogP contribution in [0.1, 0.15) is 15.9 Å². The Bertz CT molecular complexity index is 1240. The van der Waals surface area contributed by atoms with Gasteiger partial charge in [-0.05, 0) is 17.7 Å². The minimum atomic E-state index is -0.235. The van der Waals surface area contributed by atoms with Crippen molar-refractivity contribution in [3.63, 3.8) is 0 Å². The van der Waals surface area contributed by atoms with Crippen molar-refractivity contribution in [2.45, 2.75) is 13.1 Å². The highest BCUT2D eigenvalue weighted by Gasteiger charge is 2.21. The minimum Gasteiger partial charge on any atom is -0.383 e. The van der Waals surface area contributed by atoms with Crippen LogP contribution in [0.25, 0.3) is 21.8 Å². The van der Waals surface area contributed by atoms with E-state index in [4.69, 9.17) is 4.74 Å². The third-order valence-corrected chi connectivity index (χ3v) is 5.08. The zero-order chi connectivity index (χ0) is 20.4. The highest BCUT2D eigenvalue weighted by atomic mass is 16.5. The molecule has 1 aromatic carbocycles. The second kappa shape index (κ2) is 7.89. The minimum absolute atomic E-state index is 0.139. The first kappa shape index (κ1) is 18.9. The normalized spacial score (nSPS) is 11.2. The molecule has 148 valence electrons. The van der Waals surface area contributed by atoms with Gasteiger partial charge in [0.25, 0.3) is 11.5 Å². The van der Waals surface area contributed by atoms with Crippen molar-refractivity contribution >= 4 is 27.7 Å². The van der Waals surface area contributed by atoms with Crippen LogP contribution in [-0.4, -0.2) is 33.7 Å². The molecule has 0 bridgehead atoms. The lowest BCUT2D eigenvalue weighted by Crippen LogP contribution is -2.28. The van der Waals surface area contributed by atoms with Gasteiger partial charge in [-0.15, -0.1) is 0 Å². The molecule has 0 spiro atoms. The van der Waals surface area contributed by atoms with Gasteiger partial charge < -0.3 is 19.2 Å². The summed E-state index contributed by atoms with van der Waals surface area (Å²) in [5, 5.41) is 4.50. The zero-order valence-corrected chi connectivity index (χ0v) is 16.4. The number of hydrogen-bond acceptors (Lipinski definition) is 4. The number of carbonyl (C=O) groups is 1. The molecule has 0 aliphatic heterocycles. The average molecular weight is 390 g/mol. The lowest BCUT2D eigenvalue weighted by molar-refractivity contribution is 0.0951. The van der Waals surface area contributed by atoms with Gasteiger partial charge in [0, 0.05) is 62.1 Å². The van der Waals surface area contributed by atoms with Gasteiger partial charge >= 0.3 is 0 Å². The van der Waals surface area contributed by atoms with E-state index in [2.05, 4.69) is 10.3 Å². The predicted molar refractivity (Wildman–Crippen MR) is 112 cm³/mol. The SMILES string of the molecule is COCCn1cc(C(=O)NCc2cccnc2)c2c3ccccc3n(C)c2c1=O. The van der Waals surface area contributed by atoms with Crippen molar-refractivity contribution in [1.82, 2.24) is 19.4 Å². The highest BCUT2D eigenvalue weighted by Crippen LogP contribution is 2.28. The van der Waals surface area contributed by atoms with E-state index in [1.165, 1.54) is 0 Å². The zero-order valence-electron chi connectivity index (χ0n) is 16.4. The fourth-order valence-corrected chi connectivity index (χ4v) is 3.64. The molecular weight excluding hydrogens is 368 g/mol. The molecule has 1 N–H and O–H groups in total. The van der Waals surface area contributed by atoms with Crippen LogP contribution >= 0.6 is 0 Å². The summed E-state index contributed by atoms with van der Waals surface area (Å²) < 4.78 is 8.53. The number of methoxy groups -OCH3 is 1. The maximum atomic E-state index is 13.1. The van der Waals surface area contributed by atoms with Crippen molar-refractivity contribution in [2.75, 3.05) is 13.7 Å². The van der Waals surface area contributed by atoms with Crippen LogP contribution < -0.4 is 10.9 Å². The van der Waals surface area contributed by atoms with Crippen LogP contribution in [0, 0.1) is 0 Å². The topological polar surface area (TPSA) is 78.2 Å². The lowest BCUT2D eigenvalue weighted by Gasteiger charge is -2.11. The molecule has 4 aromatic rings. The van der Waals surface area contributed by atoms with Gasteiger partial charge in [0.1, 0.15) is 5.52 Å². The molecule has 4 rings (SSSR count). The molecule has 0 saturated carbocycles. The van der Waals surface area contributed by atoms with Gasteiger partial charge in [-0.2, -0.15) is 0 Å². The van der Waals surface area contributed by atoms with Gasteiger partial charge in [0.05, 0.1) is 12.2 Å². The van der Waals surface area contributed by atoms with Gasteiger partial charge in [-0.25, -0.2) is 0 Å². The van der Waals surface area contributed by atoms with Crippen LogP contribution in [0.15, 0.2) is 59.8 Å². The molecule has 0 atom stereocenters. The van der Waals surface area contributed by atoms with Crippen LogP contribution in [0.5, 0.6) is 0 Å². The maximum Gasteiger partial charge on any atom is 0.275 e. The number of para-hydroxylation sites is 1. The Morgan fingerprint density at radius 1 is 1.21 bits per heavy atom. The predicted octanol–water partition coefficient (Wildman–Crippen LogP) is 2.46. The van der Waals surface area contributed by atoms with E-state index in [0.717, 1.165) is 16.5 Å². The summed E-state index contributed by atoms with van der Waals surface area (Å²) in [7, 11) is 3.44.